The molecule has 1 unspecified atom stereocenters. The molecule has 9 heteroatoms. The van der Waals surface area contributed by atoms with Gasteiger partial charge in [-0.05, 0) is 24.7 Å². The fraction of sp³-hybridized carbons (Fsp3) is 0.737. The van der Waals surface area contributed by atoms with Crippen molar-refractivity contribution in [2.45, 2.75) is 59.2 Å². The van der Waals surface area contributed by atoms with Crippen LogP contribution in [0.3, 0.4) is 0 Å². The van der Waals surface area contributed by atoms with Crippen molar-refractivity contribution in [3.05, 3.63) is 11.6 Å². The number of fused-ring (bicyclic) bond motifs is 1. The maximum atomic E-state index is 12.6. The summed E-state index contributed by atoms with van der Waals surface area (Å²) in [5, 5.41) is 11.8. The zero-order chi connectivity index (χ0) is 21.1. The smallest absolute Gasteiger partial charge is 0.410 e. The average molecular weight is 403 g/mol. The molecule has 4 atom stereocenters. The molecule has 2 rings (SSSR count). The molecule has 2 aliphatic rings. The number of ether oxygens (including phenoxy) is 2. The number of carbonyl (C=O) groups is 3. The third-order valence-corrected chi connectivity index (χ3v) is 5.35. The predicted molar refractivity (Wildman–Crippen MR) is 94.5 cm³/mol. The van der Waals surface area contributed by atoms with Crippen molar-refractivity contribution in [3.63, 3.8) is 0 Å². The number of hydrogen-bond acceptors (Lipinski definition) is 5. The van der Waals surface area contributed by atoms with Crippen molar-refractivity contribution in [1.29, 1.82) is 0 Å². The highest BCUT2D eigenvalue weighted by molar-refractivity contribution is 5.72. The van der Waals surface area contributed by atoms with Crippen molar-refractivity contribution in [2.24, 2.45) is 23.2 Å². The highest BCUT2D eigenvalue weighted by Crippen LogP contribution is 2.60. The van der Waals surface area contributed by atoms with Gasteiger partial charge in [0, 0.05) is 25.3 Å². The molecule has 0 aliphatic heterocycles. The Morgan fingerprint density at radius 3 is 2.54 bits per heavy atom. The maximum Gasteiger partial charge on any atom is 0.410 e. The first-order valence-electron chi connectivity index (χ1n) is 9.37. The number of halogens is 2. The lowest BCUT2D eigenvalue weighted by Gasteiger charge is -2.51. The monoisotopic (exact) mass is 403 g/mol. The normalized spacial score (nSPS) is 26.9. The minimum Gasteiger partial charge on any atom is -0.481 e. The van der Waals surface area contributed by atoms with Gasteiger partial charge in [0.1, 0.15) is 0 Å². The standard InChI is InChI=1S/C19H27F2NO6/c1-10(2)17(25)27-11(3)28-18(26)22-9-19(8-16(23)24)7-13-4-12(5-14(13)19)6-15(20)21/h5,10-11,13-15H,4,6-9H2,1-3H3,(H,22,26)(H,23,24)/t11?,13-,14-,19-/m1/s1. The number of allylic oxidation sites excluding steroid dienone is 2. The van der Waals surface area contributed by atoms with E-state index in [2.05, 4.69) is 5.32 Å². The quantitative estimate of drug-likeness (QED) is 0.348. The molecule has 1 amide bonds. The first-order chi connectivity index (χ1) is 13.0. The molecule has 0 spiro atoms. The first-order valence-corrected chi connectivity index (χ1v) is 9.37. The molecule has 0 radical (unpaired) electrons. The third-order valence-electron chi connectivity index (χ3n) is 5.35. The lowest BCUT2D eigenvalue weighted by Crippen LogP contribution is -2.53. The Morgan fingerprint density at radius 1 is 1.29 bits per heavy atom. The number of rotatable bonds is 9. The van der Waals surface area contributed by atoms with Gasteiger partial charge in [0.05, 0.1) is 12.3 Å². The van der Waals surface area contributed by atoms with Crippen LogP contribution < -0.4 is 5.32 Å². The number of esters is 1. The summed E-state index contributed by atoms with van der Waals surface area (Å²) in [6.07, 6.45) is -1.98. The molecule has 28 heavy (non-hydrogen) atoms. The van der Waals surface area contributed by atoms with Gasteiger partial charge in [-0.25, -0.2) is 13.6 Å². The highest BCUT2D eigenvalue weighted by atomic mass is 19.3. The number of aliphatic carboxylic acids is 1. The molecule has 0 aromatic rings. The van der Waals surface area contributed by atoms with Gasteiger partial charge in [-0.3, -0.25) is 9.59 Å². The van der Waals surface area contributed by atoms with E-state index in [0.29, 0.717) is 18.4 Å². The van der Waals surface area contributed by atoms with Crippen LogP contribution in [0.25, 0.3) is 0 Å². The van der Waals surface area contributed by atoms with E-state index < -0.39 is 36.2 Å². The molecule has 0 aromatic heterocycles. The average Bonchev–Trinajstić information content (AvgIpc) is 2.87. The number of carboxylic acid groups (broad SMARTS) is 1. The molecule has 1 fully saturated rings. The Bertz CT molecular complexity index is 650. The van der Waals surface area contributed by atoms with Gasteiger partial charge in [-0.2, -0.15) is 0 Å². The van der Waals surface area contributed by atoms with Gasteiger partial charge < -0.3 is 19.9 Å². The zero-order valence-electron chi connectivity index (χ0n) is 16.2. The van der Waals surface area contributed by atoms with Gasteiger partial charge >= 0.3 is 18.0 Å². The van der Waals surface area contributed by atoms with Crippen molar-refractivity contribution >= 4 is 18.0 Å². The van der Waals surface area contributed by atoms with Gasteiger partial charge in [0.2, 0.25) is 12.7 Å². The van der Waals surface area contributed by atoms with Crippen LogP contribution in [0.5, 0.6) is 0 Å². The number of nitrogens with one attached hydrogen (secondary N) is 1. The summed E-state index contributed by atoms with van der Waals surface area (Å²) in [4.78, 5) is 34.8. The Hall–Kier alpha value is -2.19. The number of carboxylic acids is 1. The van der Waals surface area contributed by atoms with Crippen molar-refractivity contribution in [2.75, 3.05) is 6.54 Å². The van der Waals surface area contributed by atoms with E-state index in [-0.39, 0.29) is 37.1 Å². The maximum absolute atomic E-state index is 12.6. The van der Waals surface area contributed by atoms with E-state index in [1.54, 1.807) is 19.9 Å². The van der Waals surface area contributed by atoms with Crippen LogP contribution >= 0.6 is 0 Å². The summed E-state index contributed by atoms with van der Waals surface area (Å²) < 4.78 is 35.2. The lowest BCUT2D eigenvalue weighted by atomic mass is 9.53. The molecular weight excluding hydrogens is 376 g/mol. The Kier molecular flexibility index (Phi) is 7.01. The van der Waals surface area contributed by atoms with Gasteiger partial charge in [-0.1, -0.05) is 25.5 Å². The fourth-order valence-electron chi connectivity index (χ4n) is 4.15. The van der Waals surface area contributed by atoms with Gasteiger partial charge in [-0.15, -0.1) is 0 Å². The van der Waals surface area contributed by atoms with E-state index >= 15 is 0 Å². The second-order valence-electron chi connectivity index (χ2n) is 7.97. The molecule has 0 saturated heterocycles. The van der Waals surface area contributed by atoms with E-state index in [1.807, 2.05) is 0 Å². The zero-order valence-corrected chi connectivity index (χ0v) is 16.2. The predicted octanol–water partition coefficient (Wildman–Crippen LogP) is 3.34. The van der Waals surface area contributed by atoms with Gasteiger partial charge in [0.15, 0.2) is 0 Å². The van der Waals surface area contributed by atoms with E-state index in [0.717, 1.165) is 0 Å². The molecule has 2 N–H and O–H groups in total. The summed E-state index contributed by atoms with van der Waals surface area (Å²) >= 11 is 0. The molecule has 2 aliphatic carbocycles. The fourth-order valence-corrected chi connectivity index (χ4v) is 4.15. The van der Waals surface area contributed by atoms with Crippen molar-refractivity contribution < 1.29 is 37.7 Å². The number of hydrogen-bond donors (Lipinski definition) is 2. The van der Waals surface area contributed by atoms with Crippen molar-refractivity contribution in [1.82, 2.24) is 5.32 Å². The summed E-state index contributed by atoms with van der Waals surface area (Å²) in [5.74, 6) is -1.90. The van der Waals surface area contributed by atoms with E-state index in [4.69, 9.17) is 9.47 Å². The SMILES string of the molecule is CC(OC(=O)NC[C@]1(CC(=O)O)C[C@H]2CC(CC(F)F)=C[C@H]21)OC(=O)C(C)C. The Morgan fingerprint density at radius 2 is 1.96 bits per heavy atom. The lowest BCUT2D eigenvalue weighted by molar-refractivity contribution is -0.169. The molecule has 0 bridgehead atoms. The molecule has 7 nitrogen and oxygen atoms in total. The topological polar surface area (TPSA) is 102 Å². The number of amides is 1. The highest BCUT2D eigenvalue weighted by Gasteiger charge is 2.55. The van der Waals surface area contributed by atoms with Crippen LogP contribution in [0.4, 0.5) is 13.6 Å². The second-order valence-corrected chi connectivity index (χ2v) is 7.97. The molecule has 1 saturated carbocycles. The summed E-state index contributed by atoms with van der Waals surface area (Å²) in [5.41, 5.74) is -0.0777. The molecule has 0 aromatic carbocycles. The van der Waals surface area contributed by atoms with Gasteiger partial charge in [0.25, 0.3) is 0 Å². The Balaban J connectivity index is 1.93. The summed E-state index contributed by atoms with van der Waals surface area (Å²) in [6, 6.07) is 0. The van der Waals surface area contributed by atoms with Crippen LogP contribution in [0.15, 0.2) is 11.6 Å². The minimum atomic E-state index is -2.43. The Labute approximate surface area is 162 Å². The van der Waals surface area contributed by atoms with Crippen LogP contribution in [-0.2, 0) is 19.1 Å². The van der Waals surface area contributed by atoms with Crippen LogP contribution in [0.1, 0.15) is 46.5 Å². The van der Waals surface area contributed by atoms with Crippen LogP contribution in [-0.4, -0.2) is 42.4 Å². The van der Waals surface area contributed by atoms with Crippen molar-refractivity contribution in [3.8, 4) is 0 Å². The largest absolute Gasteiger partial charge is 0.481 e. The molecule has 0 heterocycles. The van der Waals surface area contributed by atoms with E-state index in [9.17, 15) is 28.3 Å². The third kappa shape index (κ3) is 5.42. The van der Waals surface area contributed by atoms with Crippen LogP contribution in [0.2, 0.25) is 0 Å². The first kappa shape index (κ1) is 22.1. The van der Waals surface area contributed by atoms with E-state index in [1.165, 1.54) is 6.92 Å². The summed E-state index contributed by atoms with van der Waals surface area (Å²) in [7, 11) is 0. The molecular formula is C19H27F2NO6. The number of alkyl carbamates (subject to hydrolysis) is 1. The second kappa shape index (κ2) is 8.87. The molecule has 158 valence electrons. The number of carbonyl (C=O) groups excluding carboxylic acids is 2. The minimum absolute atomic E-state index is 0.0443. The van der Waals surface area contributed by atoms with Crippen LogP contribution in [0, 0.1) is 23.2 Å². The summed E-state index contributed by atoms with van der Waals surface area (Å²) in [6.45, 7) is 4.75. The number of alkyl halides is 2.